The van der Waals surface area contributed by atoms with E-state index in [0.29, 0.717) is 13.0 Å². The Labute approximate surface area is 107 Å². The van der Waals surface area contributed by atoms with Crippen LogP contribution in [0.3, 0.4) is 0 Å². The predicted octanol–water partition coefficient (Wildman–Crippen LogP) is 0.0965. The Hall–Kier alpha value is 0.0300. The lowest BCUT2D eigenvalue weighted by atomic mass is 10.2. The average molecular weight is 267 g/mol. The SMILES string of the molecule is Cl.O=C([C@H]1C[C@H](O)CN1)N1CCCSCC1. The van der Waals surface area contributed by atoms with Gasteiger partial charge in [0.1, 0.15) is 0 Å². The number of hydrogen-bond acceptors (Lipinski definition) is 4. The van der Waals surface area contributed by atoms with Gasteiger partial charge in [0.2, 0.25) is 5.91 Å². The molecule has 0 aromatic heterocycles. The van der Waals surface area contributed by atoms with E-state index in [-0.39, 0.29) is 30.5 Å². The molecule has 2 aliphatic rings. The smallest absolute Gasteiger partial charge is 0.239 e. The van der Waals surface area contributed by atoms with Crippen LogP contribution in [-0.2, 0) is 4.79 Å². The van der Waals surface area contributed by atoms with Gasteiger partial charge in [0.25, 0.3) is 0 Å². The number of aliphatic hydroxyl groups excluding tert-OH is 1. The Morgan fingerprint density at radius 2 is 2.19 bits per heavy atom. The summed E-state index contributed by atoms with van der Waals surface area (Å²) in [5.74, 6) is 2.37. The van der Waals surface area contributed by atoms with E-state index in [9.17, 15) is 9.90 Å². The van der Waals surface area contributed by atoms with Gasteiger partial charge in [0, 0.05) is 25.4 Å². The van der Waals surface area contributed by atoms with Crippen molar-refractivity contribution in [2.75, 3.05) is 31.1 Å². The van der Waals surface area contributed by atoms with Gasteiger partial charge in [-0.25, -0.2) is 0 Å². The van der Waals surface area contributed by atoms with Gasteiger partial charge in [-0.05, 0) is 18.6 Å². The highest BCUT2D eigenvalue weighted by atomic mass is 35.5. The first kappa shape index (κ1) is 14.1. The van der Waals surface area contributed by atoms with Crippen molar-refractivity contribution in [2.24, 2.45) is 0 Å². The maximum absolute atomic E-state index is 12.0. The number of rotatable bonds is 1. The topological polar surface area (TPSA) is 52.6 Å². The summed E-state index contributed by atoms with van der Waals surface area (Å²) in [4.78, 5) is 14.0. The van der Waals surface area contributed by atoms with Crippen LogP contribution < -0.4 is 5.32 Å². The van der Waals surface area contributed by atoms with Crippen molar-refractivity contribution in [3.8, 4) is 0 Å². The van der Waals surface area contributed by atoms with Crippen LogP contribution in [0.25, 0.3) is 0 Å². The summed E-state index contributed by atoms with van der Waals surface area (Å²) in [6.07, 6.45) is 1.31. The van der Waals surface area contributed by atoms with E-state index < -0.39 is 0 Å². The number of halogens is 1. The van der Waals surface area contributed by atoms with Crippen molar-refractivity contribution in [2.45, 2.75) is 25.0 Å². The van der Waals surface area contributed by atoms with Gasteiger partial charge in [-0.15, -0.1) is 12.4 Å². The van der Waals surface area contributed by atoms with Crippen LogP contribution in [0.15, 0.2) is 0 Å². The number of amides is 1. The molecule has 0 bridgehead atoms. The number of β-amino-alcohol motifs (C(OH)–C–C–N with tert-alkyl or cyclic N) is 1. The molecule has 2 rings (SSSR count). The van der Waals surface area contributed by atoms with Gasteiger partial charge in [-0.3, -0.25) is 4.79 Å². The van der Waals surface area contributed by atoms with Crippen LogP contribution in [0.4, 0.5) is 0 Å². The number of carbonyl (C=O) groups excluding carboxylic acids is 1. The van der Waals surface area contributed by atoms with Crippen LogP contribution in [0.2, 0.25) is 0 Å². The second-order valence-electron chi connectivity index (χ2n) is 4.14. The highest BCUT2D eigenvalue weighted by Gasteiger charge is 2.31. The highest BCUT2D eigenvalue weighted by Crippen LogP contribution is 2.14. The summed E-state index contributed by atoms with van der Waals surface area (Å²) in [6.45, 7) is 2.29. The molecule has 2 fully saturated rings. The number of aliphatic hydroxyl groups is 1. The lowest BCUT2D eigenvalue weighted by Gasteiger charge is -2.23. The highest BCUT2D eigenvalue weighted by molar-refractivity contribution is 7.99. The van der Waals surface area contributed by atoms with Crippen LogP contribution in [0.5, 0.6) is 0 Å². The average Bonchev–Trinajstić information content (AvgIpc) is 2.53. The molecule has 0 aromatic rings. The molecule has 0 radical (unpaired) electrons. The molecule has 16 heavy (non-hydrogen) atoms. The normalized spacial score (nSPS) is 30.7. The Morgan fingerprint density at radius 3 is 2.88 bits per heavy atom. The molecule has 6 heteroatoms. The first-order valence-corrected chi connectivity index (χ1v) is 6.71. The quantitative estimate of drug-likeness (QED) is 0.707. The van der Waals surface area contributed by atoms with Gasteiger partial charge >= 0.3 is 0 Å². The first-order valence-electron chi connectivity index (χ1n) is 5.55. The summed E-state index contributed by atoms with van der Waals surface area (Å²) in [5.41, 5.74) is 0. The van der Waals surface area contributed by atoms with Crippen LogP contribution in [0.1, 0.15) is 12.8 Å². The molecule has 0 unspecified atom stereocenters. The van der Waals surface area contributed by atoms with Gasteiger partial charge in [-0.2, -0.15) is 11.8 Å². The number of nitrogens with one attached hydrogen (secondary N) is 1. The fourth-order valence-corrected chi connectivity index (χ4v) is 2.98. The van der Waals surface area contributed by atoms with Gasteiger partial charge in [0.05, 0.1) is 12.1 Å². The van der Waals surface area contributed by atoms with Crippen molar-refractivity contribution in [3.63, 3.8) is 0 Å². The minimum absolute atomic E-state index is 0. The molecule has 2 N–H and O–H groups in total. The molecule has 94 valence electrons. The molecule has 0 aromatic carbocycles. The second-order valence-corrected chi connectivity index (χ2v) is 5.37. The summed E-state index contributed by atoms with van der Waals surface area (Å²) in [6, 6.07) is -0.150. The molecule has 2 aliphatic heterocycles. The molecular formula is C10H19ClN2O2S. The molecule has 0 saturated carbocycles. The number of hydrogen-bond donors (Lipinski definition) is 2. The molecule has 0 aliphatic carbocycles. The molecule has 2 atom stereocenters. The monoisotopic (exact) mass is 266 g/mol. The summed E-state index contributed by atoms with van der Waals surface area (Å²) in [5, 5.41) is 12.4. The maximum atomic E-state index is 12.0. The second kappa shape index (κ2) is 6.69. The van der Waals surface area contributed by atoms with Crippen LogP contribution >= 0.6 is 24.2 Å². The lowest BCUT2D eigenvalue weighted by molar-refractivity contribution is -0.132. The first-order chi connectivity index (χ1) is 7.27. The third-order valence-electron chi connectivity index (χ3n) is 2.94. The minimum atomic E-state index is -0.347. The van der Waals surface area contributed by atoms with Crippen molar-refractivity contribution in [3.05, 3.63) is 0 Å². The Balaban J connectivity index is 0.00000128. The number of carbonyl (C=O) groups is 1. The van der Waals surface area contributed by atoms with Crippen molar-refractivity contribution in [1.82, 2.24) is 10.2 Å². The fourth-order valence-electron chi connectivity index (χ4n) is 2.09. The van der Waals surface area contributed by atoms with Gasteiger partial charge in [-0.1, -0.05) is 0 Å². The van der Waals surface area contributed by atoms with E-state index in [1.807, 2.05) is 16.7 Å². The Morgan fingerprint density at radius 1 is 1.38 bits per heavy atom. The Bertz CT molecular complexity index is 235. The zero-order valence-electron chi connectivity index (χ0n) is 9.22. The number of thioether (sulfide) groups is 1. The van der Waals surface area contributed by atoms with E-state index in [1.54, 1.807) is 0 Å². The fraction of sp³-hybridized carbons (Fsp3) is 0.900. The third-order valence-corrected chi connectivity index (χ3v) is 3.99. The Kier molecular flexibility index (Phi) is 5.89. The van der Waals surface area contributed by atoms with E-state index in [4.69, 9.17) is 0 Å². The minimum Gasteiger partial charge on any atom is -0.392 e. The van der Waals surface area contributed by atoms with Crippen molar-refractivity contribution < 1.29 is 9.90 Å². The third kappa shape index (κ3) is 3.52. The molecule has 2 saturated heterocycles. The van der Waals surface area contributed by atoms with E-state index in [1.165, 1.54) is 0 Å². The summed E-state index contributed by atoms with van der Waals surface area (Å²) >= 11 is 1.92. The molecule has 1 amide bonds. The van der Waals surface area contributed by atoms with Gasteiger partial charge < -0.3 is 15.3 Å². The van der Waals surface area contributed by atoms with Crippen LogP contribution in [-0.4, -0.2) is 59.2 Å². The van der Waals surface area contributed by atoms with E-state index in [0.717, 1.165) is 31.0 Å². The predicted molar refractivity (Wildman–Crippen MR) is 68.2 cm³/mol. The van der Waals surface area contributed by atoms with Crippen molar-refractivity contribution >= 4 is 30.1 Å². The molecule has 4 nitrogen and oxygen atoms in total. The standard InChI is InChI=1S/C10H18N2O2S.ClH/c13-8-6-9(11-7-8)10(14)12-2-1-4-15-5-3-12;/h8-9,11,13H,1-7H2;1H/t8-,9+;/m0./s1. The molecule has 0 spiro atoms. The largest absolute Gasteiger partial charge is 0.392 e. The molecule has 2 heterocycles. The maximum Gasteiger partial charge on any atom is 0.239 e. The molecular weight excluding hydrogens is 248 g/mol. The van der Waals surface area contributed by atoms with E-state index >= 15 is 0 Å². The zero-order valence-corrected chi connectivity index (χ0v) is 10.9. The summed E-state index contributed by atoms with van der Waals surface area (Å²) in [7, 11) is 0. The summed E-state index contributed by atoms with van der Waals surface area (Å²) < 4.78 is 0. The van der Waals surface area contributed by atoms with E-state index in [2.05, 4.69) is 5.32 Å². The zero-order chi connectivity index (χ0) is 10.7. The van der Waals surface area contributed by atoms with Crippen LogP contribution in [0, 0.1) is 0 Å². The number of nitrogens with zero attached hydrogens (tertiary/aromatic N) is 1. The van der Waals surface area contributed by atoms with Crippen molar-refractivity contribution in [1.29, 1.82) is 0 Å². The van der Waals surface area contributed by atoms with Gasteiger partial charge in [0.15, 0.2) is 0 Å². The lowest BCUT2D eigenvalue weighted by Crippen LogP contribution is -2.44.